The maximum absolute atomic E-state index is 12.9. The Morgan fingerprint density at radius 2 is 1.95 bits per heavy atom. The molecule has 19 heavy (non-hydrogen) atoms. The third-order valence-electron chi connectivity index (χ3n) is 2.77. The van der Waals surface area contributed by atoms with Gasteiger partial charge in [-0.1, -0.05) is 5.16 Å². The van der Waals surface area contributed by atoms with E-state index >= 15 is 0 Å². The second-order valence-electron chi connectivity index (χ2n) is 4.23. The Hall–Kier alpha value is -2.50. The summed E-state index contributed by atoms with van der Waals surface area (Å²) in [6, 6.07) is 5.95. The lowest BCUT2D eigenvalue weighted by Crippen LogP contribution is -1.86. The monoisotopic (exact) mass is 258 g/mol. The van der Waals surface area contributed by atoms with Crippen LogP contribution in [0.15, 0.2) is 35.0 Å². The van der Waals surface area contributed by atoms with Crippen LogP contribution in [0, 0.1) is 12.7 Å². The molecule has 0 radical (unpaired) electrons. The molecule has 2 heterocycles. The standard InChI is InChI=1S/C13H11FN4O/c1-8-11(7-18(2)16-8)13-15-12(17-19-13)9-3-5-10(14)6-4-9/h3-7H,1-2H3. The maximum Gasteiger partial charge on any atom is 0.261 e. The van der Waals surface area contributed by atoms with Gasteiger partial charge in [-0.2, -0.15) is 10.1 Å². The molecule has 0 aliphatic carbocycles. The Labute approximate surface area is 108 Å². The molecule has 0 spiro atoms. The highest BCUT2D eigenvalue weighted by atomic mass is 19.1. The Morgan fingerprint density at radius 3 is 2.58 bits per heavy atom. The molecule has 1 aromatic carbocycles. The van der Waals surface area contributed by atoms with E-state index < -0.39 is 0 Å². The zero-order valence-corrected chi connectivity index (χ0v) is 10.5. The van der Waals surface area contributed by atoms with Gasteiger partial charge in [0, 0.05) is 18.8 Å². The van der Waals surface area contributed by atoms with Gasteiger partial charge in [-0.3, -0.25) is 4.68 Å². The zero-order valence-electron chi connectivity index (χ0n) is 10.5. The van der Waals surface area contributed by atoms with Gasteiger partial charge in [-0.05, 0) is 31.2 Å². The summed E-state index contributed by atoms with van der Waals surface area (Å²) in [5.41, 5.74) is 2.32. The molecule has 0 amide bonds. The molecule has 0 saturated heterocycles. The largest absolute Gasteiger partial charge is 0.333 e. The van der Waals surface area contributed by atoms with Gasteiger partial charge < -0.3 is 4.52 Å². The number of hydrogen-bond acceptors (Lipinski definition) is 4. The molecule has 0 aliphatic heterocycles. The summed E-state index contributed by atoms with van der Waals surface area (Å²) in [6.45, 7) is 1.87. The van der Waals surface area contributed by atoms with E-state index in [4.69, 9.17) is 4.52 Å². The van der Waals surface area contributed by atoms with E-state index in [1.807, 2.05) is 20.2 Å². The molecule has 3 aromatic rings. The number of halogens is 1. The van der Waals surface area contributed by atoms with E-state index in [-0.39, 0.29) is 5.82 Å². The summed E-state index contributed by atoms with van der Waals surface area (Å²) < 4.78 is 19.8. The summed E-state index contributed by atoms with van der Waals surface area (Å²) in [7, 11) is 1.83. The minimum absolute atomic E-state index is 0.296. The lowest BCUT2D eigenvalue weighted by Gasteiger charge is -1.92. The summed E-state index contributed by atoms with van der Waals surface area (Å²) in [5, 5.41) is 8.12. The molecular formula is C13H11FN4O. The van der Waals surface area contributed by atoms with E-state index in [0.29, 0.717) is 17.3 Å². The maximum atomic E-state index is 12.9. The highest BCUT2D eigenvalue weighted by molar-refractivity contribution is 5.60. The lowest BCUT2D eigenvalue weighted by molar-refractivity contribution is 0.432. The average molecular weight is 258 g/mol. The molecule has 0 saturated carbocycles. The first-order valence-corrected chi connectivity index (χ1v) is 5.74. The van der Waals surface area contributed by atoms with Gasteiger partial charge in [0.25, 0.3) is 5.89 Å². The third-order valence-corrected chi connectivity index (χ3v) is 2.77. The number of hydrogen-bond donors (Lipinski definition) is 0. The van der Waals surface area contributed by atoms with Crippen molar-refractivity contribution >= 4 is 0 Å². The van der Waals surface area contributed by atoms with Crippen LogP contribution >= 0.6 is 0 Å². The highest BCUT2D eigenvalue weighted by Crippen LogP contribution is 2.24. The first-order valence-electron chi connectivity index (χ1n) is 5.74. The second kappa shape index (κ2) is 4.31. The molecule has 0 N–H and O–H groups in total. The number of nitrogens with zero attached hydrogens (tertiary/aromatic N) is 4. The summed E-state index contributed by atoms with van der Waals surface area (Å²) in [6.07, 6.45) is 1.82. The molecular weight excluding hydrogens is 247 g/mol. The van der Waals surface area contributed by atoms with E-state index in [1.165, 1.54) is 12.1 Å². The van der Waals surface area contributed by atoms with Crippen LogP contribution < -0.4 is 0 Å². The van der Waals surface area contributed by atoms with Crippen molar-refractivity contribution in [3.05, 3.63) is 42.0 Å². The molecule has 2 aromatic heterocycles. The van der Waals surface area contributed by atoms with Crippen molar-refractivity contribution in [2.24, 2.45) is 7.05 Å². The van der Waals surface area contributed by atoms with Crippen LogP contribution in [0.4, 0.5) is 4.39 Å². The van der Waals surface area contributed by atoms with E-state index in [9.17, 15) is 4.39 Å². The fourth-order valence-electron chi connectivity index (χ4n) is 1.86. The molecule has 6 heteroatoms. The normalized spacial score (nSPS) is 10.9. The van der Waals surface area contributed by atoms with Gasteiger partial charge in [0.1, 0.15) is 5.82 Å². The van der Waals surface area contributed by atoms with Gasteiger partial charge in [0.2, 0.25) is 5.82 Å². The number of rotatable bonds is 2. The average Bonchev–Trinajstić information content (AvgIpc) is 2.97. The van der Waals surface area contributed by atoms with Crippen molar-refractivity contribution in [1.82, 2.24) is 19.9 Å². The van der Waals surface area contributed by atoms with Crippen LogP contribution in [0.1, 0.15) is 5.69 Å². The lowest BCUT2D eigenvalue weighted by atomic mass is 10.2. The van der Waals surface area contributed by atoms with E-state index in [1.54, 1.807) is 16.8 Å². The molecule has 0 aliphatic rings. The number of aryl methyl sites for hydroxylation is 2. The first kappa shape index (κ1) is 11.6. The minimum Gasteiger partial charge on any atom is -0.333 e. The highest BCUT2D eigenvalue weighted by Gasteiger charge is 2.14. The SMILES string of the molecule is Cc1nn(C)cc1-c1nc(-c2ccc(F)cc2)no1. The van der Waals surface area contributed by atoms with Crippen LogP contribution in [-0.2, 0) is 7.05 Å². The number of aromatic nitrogens is 4. The fourth-order valence-corrected chi connectivity index (χ4v) is 1.86. The summed E-state index contributed by atoms with van der Waals surface area (Å²) >= 11 is 0. The Bertz CT molecular complexity index is 715. The predicted molar refractivity (Wildman–Crippen MR) is 66.6 cm³/mol. The summed E-state index contributed by atoms with van der Waals surface area (Å²) in [5.74, 6) is 0.541. The van der Waals surface area contributed by atoms with Gasteiger partial charge in [-0.15, -0.1) is 0 Å². The predicted octanol–water partition coefficient (Wildman–Crippen LogP) is 2.58. The second-order valence-corrected chi connectivity index (χ2v) is 4.23. The van der Waals surface area contributed by atoms with Crippen molar-refractivity contribution in [2.75, 3.05) is 0 Å². The fraction of sp³-hybridized carbons (Fsp3) is 0.154. The molecule has 0 bridgehead atoms. The Morgan fingerprint density at radius 1 is 1.21 bits per heavy atom. The smallest absolute Gasteiger partial charge is 0.261 e. The van der Waals surface area contributed by atoms with Crippen LogP contribution in [0.5, 0.6) is 0 Å². The summed E-state index contributed by atoms with van der Waals surface area (Å²) in [4.78, 5) is 4.30. The molecule has 96 valence electrons. The van der Waals surface area contributed by atoms with Crippen LogP contribution in [-0.4, -0.2) is 19.9 Å². The van der Waals surface area contributed by atoms with Crippen molar-refractivity contribution in [1.29, 1.82) is 0 Å². The molecule has 5 nitrogen and oxygen atoms in total. The van der Waals surface area contributed by atoms with Crippen molar-refractivity contribution in [3.63, 3.8) is 0 Å². The molecule has 3 rings (SSSR count). The van der Waals surface area contributed by atoms with Crippen molar-refractivity contribution < 1.29 is 8.91 Å². The van der Waals surface area contributed by atoms with Crippen molar-refractivity contribution in [2.45, 2.75) is 6.92 Å². The van der Waals surface area contributed by atoms with E-state index in [2.05, 4.69) is 15.2 Å². The third kappa shape index (κ3) is 2.12. The van der Waals surface area contributed by atoms with Crippen LogP contribution in [0.25, 0.3) is 22.8 Å². The van der Waals surface area contributed by atoms with E-state index in [0.717, 1.165) is 11.3 Å². The first-order chi connectivity index (χ1) is 9.13. The molecule has 0 unspecified atom stereocenters. The van der Waals surface area contributed by atoms with Crippen LogP contribution in [0.3, 0.4) is 0 Å². The molecule has 0 atom stereocenters. The minimum atomic E-state index is -0.296. The van der Waals surface area contributed by atoms with Gasteiger partial charge in [0.05, 0.1) is 11.3 Å². The Balaban J connectivity index is 1.99. The number of benzene rings is 1. The van der Waals surface area contributed by atoms with Crippen LogP contribution in [0.2, 0.25) is 0 Å². The Kier molecular flexibility index (Phi) is 2.63. The van der Waals surface area contributed by atoms with Crippen molar-refractivity contribution in [3.8, 4) is 22.8 Å². The van der Waals surface area contributed by atoms with Gasteiger partial charge in [-0.25, -0.2) is 4.39 Å². The molecule has 0 fully saturated rings. The van der Waals surface area contributed by atoms with Gasteiger partial charge in [0.15, 0.2) is 0 Å². The van der Waals surface area contributed by atoms with Gasteiger partial charge >= 0.3 is 0 Å². The quantitative estimate of drug-likeness (QED) is 0.709. The zero-order chi connectivity index (χ0) is 13.4. The topological polar surface area (TPSA) is 56.7 Å².